The van der Waals surface area contributed by atoms with Crippen molar-refractivity contribution in [3.8, 4) is 6.07 Å². The van der Waals surface area contributed by atoms with Crippen LogP contribution in [-0.2, 0) is 0 Å². The minimum Gasteiger partial charge on any atom is -0.300 e. The highest BCUT2D eigenvalue weighted by molar-refractivity contribution is 4.93. The molecule has 0 aromatic rings. The van der Waals surface area contributed by atoms with Gasteiger partial charge in [-0.2, -0.15) is 5.26 Å². The first kappa shape index (κ1) is 9.98. The van der Waals surface area contributed by atoms with E-state index in [-0.39, 0.29) is 0 Å². The maximum atomic E-state index is 8.65. The molecule has 1 saturated heterocycles. The molecule has 1 spiro atoms. The van der Waals surface area contributed by atoms with Crippen molar-refractivity contribution in [1.29, 1.82) is 5.26 Å². The summed E-state index contributed by atoms with van der Waals surface area (Å²) in [5, 5.41) is 8.65. The molecule has 2 nitrogen and oxygen atoms in total. The van der Waals surface area contributed by atoms with Gasteiger partial charge in [-0.05, 0) is 51.1 Å². The molecule has 14 heavy (non-hydrogen) atoms. The van der Waals surface area contributed by atoms with Gasteiger partial charge in [-0.15, -0.1) is 0 Å². The van der Waals surface area contributed by atoms with Crippen molar-refractivity contribution in [1.82, 2.24) is 4.90 Å². The van der Waals surface area contributed by atoms with Gasteiger partial charge >= 0.3 is 0 Å². The second-order valence-corrected chi connectivity index (χ2v) is 5.10. The van der Waals surface area contributed by atoms with Crippen molar-refractivity contribution in [2.45, 2.75) is 51.5 Å². The molecule has 0 N–H and O–H groups in total. The predicted octanol–water partition coefficient (Wildman–Crippen LogP) is 2.55. The maximum absolute atomic E-state index is 8.65. The first-order valence-corrected chi connectivity index (χ1v) is 5.87. The average molecular weight is 192 g/mol. The molecule has 0 amide bonds. The summed E-state index contributed by atoms with van der Waals surface area (Å²) in [6.07, 6.45) is 7.83. The van der Waals surface area contributed by atoms with Crippen LogP contribution in [0.4, 0.5) is 0 Å². The molecule has 78 valence electrons. The SMILES string of the molecule is CC(CC#N)N1CCC2(CCC2)CC1. The van der Waals surface area contributed by atoms with E-state index < -0.39 is 0 Å². The Morgan fingerprint density at radius 3 is 2.36 bits per heavy atom. The quantitative estimate of drug-likeness (QED) is 0.672. The summed E-state index contributed by atoms with van der Waals surface area (Å²) in [5.74, 6) is 0. The number of nitrogens with zero attached hydrogens (tertiary/aromatic N) is 2. The highest BCUT2D eigenvalue weighted by atomic mass is 15.2. The molecule has 0 radical (unpaired) electrons. The topological polar surface area (TPSA) is 27.0 Å². The Hall–Kier alpha value is -0.550. The van der Waals surface area contributed by atoms with Crippen molar-refractivity contribution in [3.05, 3.63) is 0 Å². The van der Waals surface area contributed by atoms with Crippen molar-refractivity contribution >= 4 is 0 Å². The molecule has 0 aromatic heterocycles. The van der Waals surface area contributed by atoms with Crippen LogP contribution >= 0.6 is 0 Å². The summed E-state index contributed by atoms with van der Waals surface area (Å²) >= 11 is 0. The van der Waals surface area contributed by atoms with Crippen LogP contribution in [0, 0.1) is 16.7 Å². The largest absolute Gasteiger partial charge is 0.300 e. The van der Waals surface area contributed by atoms with Crippen molar-refractivity contribution in [2.24, 2.45) is 5.41 Å². The van der Waals surface area contributed by atoms with E-state index in [1.54, 1.807) is 0 Å². The fourth-order valence-corrected chi connectivity index (χ4v) is 2.88. The molecule has 1 saturated carbocycles. The third kappa shape index (κ3) is 1.79. The fraction of sp³-hybridized carbons (Fsp3) is 0.917. The van der Waals surface area contributed by atoms with Crippen molar-refractivity contribution < 1.29 is 0 Å². The molecule has 0 aromatic carbocycles. The molecule has 1 atom stereocenters. The molecule has 0 bridgehead atoms. The smallest absolute Gasteiger partial charge is 0.0638 e. The van der Waals surface area contributed by atoms with Gasteiger partial charge in [0, 0.05) is 6.04 Å². The minimum absolute atomic E-state index is 0.470. The summed E-state index contributed by atoms with van der Waals surface area (Å²) in [5.41, 5.74) is 0.739. The van der Waals surface area contributed by atoms with E-state index >= 15 is 0 Å². The van der Waals surface area contributed by atoms with E-state index in [9.17, 15) is 0 Å². The predicted molar refractivity (Wildman–Crippen MR) is 56.8 cm³/mol. The van der Waals surface area contributed by atoms with E-state index in [1.807, 2.05) is 0 Å². The van der Waals surface area contributed by atoms with Gasteiger partial charge in [0.15, 0.2) is 0 Å². The maximum Gasteiger partial charge on any atom is 0.0638 e. The normalized spacial score (nSPS) is 28.0. The van der Waals surface area contributed by atoms with E-state index in [0.29, 0.717) is 12.5 Å². The Morgan fingerprint density at radius 1 is 1.29 bits per heavy atom. The van der Waals surface area contributed by atoms with Crippen LogP contribution < -0.4 is 0 Å². The molecular formula is C12H20N2. The van der Waals surface area contributed by atoms with E-state index in [2.05, 4.69) is 17.9 Å². The first-order chi connectivity index (χ1) is 6.76. The number of hydrogen-bond acceptors (Lipinski definition) is 2. The molecule has 2 heteroatoms. The van der Waals surface area contributed by atoms with Gasteiger partial charge in [-0.25, -0.2) is 0 Å². The Kier molecular flexibility index (Phi) is 2.78. The van der Waals surface area contributed by atoms with Gasteiger partial charge in [-0.1, -0.05) is 6.42 Å². The van der Waals surface area contributed by atoms with E-state index in [4.69, 9.17) is 5.26 Å². The Labute approximate surface area is 86.9 Å². The van der Waals surface area contributed by atoms with E-state index in [1.165, 1.54) is 45.2 Å². The Balaban J connectivity index is 1.81. The number of likely N-dealkylation sites (tertiary alicyclic amines) is 1. The summed E-state index contributed by atoms with van der Waals surface area (Å²) in [6.45, 7) is 4.63. The van der Waals surface area contributed by atoms with Gasteiger partial charge in [-0.3, -0.25) is 4.90 Å². The van der Waals surface area contributed by atoms with Gasteiger partial charge in [0.25, 0.3) is 0 Å². The average Bonchev–Trinajstić information content (AvgIpc) is 2.16. The lowest BCUT2D eigenvalue weighted by molar-refractivity contribution is 0.0198. The minimum atomic E-state index is 0.470. The summed E-state index contributed by atoms with van der Waals surface area (Å²) in [6, 6.07) is 2.74. The van der Waals surface area contributed by atoms with Crippen LogP contribution in [0.1, 0.15) is 45.4 Å². The highest BCUT2D eigenvalue weighted by Gasteiger charge is 2.39. The number of hydrogen-bond donors (Lipinski definition) is 0. The van der Waals surface area contributed by atoms with Crippen LogP contribution in [0.3, 0.4) is 0 Å². The fourth-order valence-electron chi connectivity index (χ4n) is 2.88. The third-order valence-corrected chi connectivity index (χ3v) is 4.28. The lowest BCUT2D eigenvalue weighted by Gasteiger charge is -2.49. The molecule has 1 aliphatic heterocycles. The van der Waals surface area contributed by atoms with Crippen molar-refractivity contribution in [2.75, 3.05) is 13.1 Å². The molecule has 1 aliphatic carbocycles. The molecular weight excluding hydrogens is 172 g/mol. The molecule has 2 fully saturated rings. The van der Waals surface area contributed by atoms with Crippen LogP contribution in [0.5, 0.6) is 0 Å². The molecule has 2 aliphatic rings. The number of piperidine rings is 1. The second kappa shape index (κ2) is 3.90. The second-order valence-electron chi connectivity index (χ2n) is 5.10. The van der Waals surface area contributed by atoms with Crippen LogP contribution in [0.2, 0.25) is 0 Å². The highest BCUT2D eigenvalue weighted by Crippen LogP contribution is 2.49. The molecule has 1 unspecified atom stereocenters. The molecule has 1 heterocycles. The van der Waals surface area contributed by atoms with Crippen LogP contribution in [0.25, 0.3) is 0 Å². The standard InChI is InChI=1S/C12H20N2/c1-11(3-8-13)14-9-6-12(7-10-14)4-2-5-12/h11H,2-7,9-10H2,1H3. The monoisotopic (exact) mass is 192 g/mol. The third-order valence-electron chi connectivity index (χ3n) is 4.28. The van der Waals surface area contributed by atoms with Gasteiger partial charge in [0.05, 0.1) is 12.5 Å². The van der Waals surface area contributed by atoms with E-state index in [0.717, 1.165) is 5.41 Å². The Bertz CT molecular complexity index is 227. The summed E-state index contributed by atoms with van der Waals surface area (Å²) in [7, 11) is 0. The summed E-state index contributed by atoms with van der Waals surface area (Å²) < 4.78 is 0. The van der Waals surface area contributed by atoms with Gasteiger partial charge in [0.2, 0.25) is 0 Å². The zero-order valence-corrected chi connectivity index (χ0v) is 9.13. The Morgan fingerprint density at radius 2 is 1.93 bits per heavy atom. The summed E-state index contributed by atoms with van der Waals surface area (Å²) in [4.78, 5) is 2.49. The molecule has 2 rings (SSSR count). The van der Waals surface area contributed by atoms with Crippen molar-refractivity contribution in [3.63, 3.8) is 0 Å². The van der Waals surface area contributed by atoms with Gasteiger partial charge in [0.1, 0.15) is 0 Å². The number of nitriles is 1. The van der Waals surface area contributed by atoms with Crippen LogP contribution in [0.15, 0.2) is 0 Å². The number of rotatable bonds is 2. The lowest BCUT2D eigenvalue weighted by atomic mass is 9.63. The van der Waals surface area contributed by atoms with Gasteiger partial charge < -0.3 is 0 Å². The first-order valence-electron chi connectivity index (χ1n) is 5.87. The van der Waals surface area contributed by atoms with Crippen LogP contribution in [-0.4, -0.2) is 24.0 Å². The zero-order valence-electron chi connectivity index (χ0n) is 9.13. The zero-order chi connectivity index (χ0) is 10.0. The lowest BCUT2D eigenvalue weighted by Crippen LogP contribution is -2.46.